The molecule has 1 aromatic heterocycles. The molecule has 1 N–H and O–H groups in total. The van der Waals surface area contributed by atoms with E-state index in [9.17, 15) is 0 Å². The maximum absolute atomic E-state index is 6.09. The van der Waals surface area contributed by atoms with Gasteiger partial charge in [0.05, 0.1) is 15.2 Å². The minimum atomic E-state index is 0.633. The van der Waals surface area contributed by atoms with Crippen LogP contribution in [0.5, 0.6) is 5.75 Å². The fraction of sp³-hybridized carbons (Fsp3) is 0.381. The van der Waals surface area contributed by atoms with Crippen LogP contribution >= 0.6 is 22.9 Å². The van der Waals surface area contributed by atoms with Crippen molar-refractivity contribution in [2.24, 2.45) is 5.92 Å². The van der Waals surface area contributed by atoms with Crippen LogP contribution in [0.2, 0.25) is 5.02 Å². The van der Waals surface area contributed by atoms with E-state index in [4.69, 9.17) is 21.3 Å². The summed E-state index contributed by atoms with van der Waals surface area (Å²) < 4.78 is 6.99. The minimum Gasteiger partial charge on any atom is -0.491 e. The van der Waals surface area contributed by atoms with Gasteiger partial charge in [-0.3, -0.25) is 0 Å². The number of benzene rings is 2. The molecule has 1 aliphatic heterocycles. The predicted octanol–water partition coefficient (Wildman–Crippen LogP) is 4.83. The van der Waals surface area contributed by atoms with Gasteiger partial charge in [-0.15, -0.1) is 0 Å². The summed E-state index contributed by atoms with van der Waals surface area (Å²) in [4.78, 5) is 7.22. The Morgan fingerprint density at radius 1 is 1.11 bits per heavy atom. The maximum Gasteiger partial charge on any atom is 0.186 e. The Morgan fingerprint density at radius 3 is 2.70 bits per heavy atom. The van der Waals surface area contributed by atoms with Crippen molar-refractivity contribution >= 4 is 38.3 Å². The third-order valence-corrected chi connectivity index (χ3v) is 6.38. The summed E-state index contributed by atoms with van der Waals surface area (Å²) in [7, 11) is 0. The van der Waals surface area contributed by atoms with Crippen LogP contribution in [0, 0.1) is 5.92 Å². The van der Waals surface area contributed by atoms with Gasteiger partial charge in [0.15, 0.2) is 5.13 Å². The first-order valence-electron chi connectivity index (χ1n) is 9.48. The summed E-state index contributed by atoms with van der Waals surface area (Å²) in [6, 6.07) is 16.0. The lowest BCUT2D eigenvalue weighted by Crippen LogP contribution is -2.38. The Balaban J connectivity index is 1.17. The molecule has 0 bridgehead atoms. The number of ether oxygens (including phenoxy) is 1. The zero-order chi connectivity index (χ0) is 18.5. The average Bonchev–Trinajstić information content (AvgIpc) is 3.14. The molecule has 6 heteroatoms. The van der Waals surface area contributed by atoms with Crippen molar-refractivity contribution in [1.82, 2.24) is 10.3 Å². The number of hydrogen-bond acceptors (Lipinski definition) is 5. The van der Waals surface area contributed by atoms with Gasteiger partial charge >= 0.3 is 0 Å². The zero-order valence-corrected chi connectivity index (χ0v) is 16.8. The topological polar surface area (TPSA) is 37.4 Å². The number of nitrogens with one attached hydrogen (secondary N) is 1. The van der Waals surface area contributed by atoms with Crippen LogP contribution < -0.4 is 15.0 Å². The molecular weight excluding hydrogens is 378 g/mol. The number of nitrogens with zero attached hydrogens (tertiary/aromatic N) is 2. The number of aromatic nitrogens is 1. The first kappa shape index (κ1) is 18.5. The number of fused-ring (bicyclic) bond motifs is 1. The smallest absolute Gasteiger partial charge is 0.186 e. The predicted molar refractivity (Wildman–Crippen MR) is 114 cm³/mol. The summed E-state index contributed by atoms with van der Waals surface area (Å²) in [5.74, 6) is 1.47. The number of para-hydroxylation sites is 2. The van der Waals surface area contributed by atoms with Crippen molar-refractivity contribution in [2.45, 2.75) is 12.8 Å². The molecule has 0 aliphatic carbocycles. The number of hydrogen-bond donors (Lipinski definition) is 1. The first-order chi connectivity index (χ1) is 13.3. The Labute approximate surface area is 169 Å². The van der Waals surface area contributed by atoms with Crippen LogP contribution in [-0.2, 0) is 0 Å². The van der Waals surface area contributed by atoms with Gasteiger partial charge in [0.25, 0.3) is 0 Å². The summed E-state index contributed by atoms with van der Waals surface area (Å²) >= 11 is 7.89. The van der Waals surface area contributed by atoms with E-state index in [1.54, 1.807) is 11.3 Å². The largest absolute Gasteiger partial charge is 0.491 e. The molecule has 1 fully saturated rings. The Morgan fingerprint density at radius 2 is 1.89 bits per heavy atom. The van der Waals surface area contributed by atoms with Gasteiger partial charge in [-0.25, -0.2) is 4.98 Å². The quantitative estimate of drug-likeness (QED) is 0.575. The zero-order valence-electron chi connectivity index (χ0n) is 15.2. The lowest BCUT2D eigenvalue weighted by atomic mass is 9.97. The van der Waals surface area contributed by atoms with E-state index in [1.165, 1.54) is 17.5 Å². The molecule has 0 amide bonds. The lowest BCUT2D eigenvalue weighted by molar-refractivity contribution is 0.302. The number of anilines is 1. The van der Waals surface area contributed by atoms with Crippen LogP contribution in [0.1, 0.15) is 12.8 Å². The van der Waals surface area contributed by atoms with Crippen LogP contribution in [0.25, 0.3) is 10.2 Å². The molecule has 2 aromatic carbocycles. The Kier molecular flexibility index (Phi) is 6.12. The first-order valence-corrected chi connectivity index (χ1v) is 10.7. The lowest BCUT2D eigenvalue weighted by Gasteiger charge is -2.31. The molecule has 0 saturated carbocycles. The van der Waals surface area contributed by atoms with Gasteiger partial charge in [0.1, 0.15) is 12.4 Å². The third-order valence-electron chi connectivity index (χ3n) is 4.97. The van der Waals surface area contributed by atoms with Crippen LogP contribution in [-0.4, -0.2) is 37.8 Å². The average molecular weight is 402 g/mol. The van der Waals surface area contributed by atoms with Crippen molar-refractivity contribution < 1.29 is 4.74 Å². The third kappa shape index (κ3) is 4.72. The van der Waals surface area contributed by atoms with Gasteiger partial charge < -0.3 is 15.0 Å². The van der Waals surface area contributed by atoms with E-state index < -0.39 is 0 Å². The Hall–Kier alpha value is -1.82. The van der Waals surface area contributed by atoms with Crippen LogP contribution in [0.4, 0.5) is 5.13 Å². The molecule has 4 nitrogen and oxygen atoms in total. The van der Waals surface area contributed by atoms with Crippen LogP contribution in [0.3, 0.4) is 0 Å². The number of halogens is 1. The molecule has 0 unspecified atom stereocenters. The molecule has 0 radical (unpaired) electrons. The molecular formula is C21H24ClN3OS. The van der Waals surface area contributed by atoms with Crippen molar-refractivity contribution in [3.63, 3.8) is 0 Å². The standard InChI is InChI=1S/C21H24ClN3OS/c22-17-5-1-3-7-19(17)26-14-11-23-15-16-9-12-25(13-10-16)21-24-18-6-2-4-8-20(18)27-21/h1-8,16,23H,9-15H2. The van der Waals surface area contributed by atoms with E-state index in [1.807, 2.05) is 24.3 Å². The van der Waals surface area contributed by atoms with E-state index >= 15 is 0 Å². The SMILES string of the molecule is Clc1ccccc1OCCNCC1CCN(c2nc3ccccc3s2)CC1. The second-order valence-electron chi connectivity index (χ2n) is 6.88. The van der Waals surface area contributed by atoms with Crippen molar-refractivity contribution in [3.05, 3.63) is 53.6 Å². The van der Waals surface area contributed by atoms with E-state index in [2.05, 4.69) is 34.5 Å². The molecule has 3 aromatic rings. The fourth-order valence-electron chi connectivity index (χ4n) is 3.42. The second kappa shape index (κ2) is 8.91. The highest BCUT2D eigenvalue weighted by molar-refractivity contribution is 7.22. The van der Waals surface area contributed by atoms with Gasteiger partial charge in [-0.05, 0) is 49.6 Å². The molecule has 2 heterocycles. The molecule has 1 aliphatic rings. The van der Waals surface area contributed by atoms with Crippen LogP contribution in [0.15, 0.2) is 48.5 Å². The minimum absolute atomic E-state index is 0.633. The van der Waals surface area contributed by atoms with E-state index in [-0.39, 0.29) is 0 Å². The number of piperidine rings is 1. The maximum atomic E-state index is 6.09. The normalized spacial score (nSPS) is 15.4. The number of rotatable bonds is 7. The second-order valence-corrected chi connectivity index (χ2v) is 8.29. The monoisotopic (exact) mass is 401 g/mol. The summed E-state index contributed by atoms with van der Waals surface area (Å²) in [6.45, 7) is 4.68. The summed E-state index contributed by atoms with van der Waals surface area (Å²) in [6.07, 6.45) is 2.41. The molecule has 27 heavy (non-hydrogen) atoms. The highest BCUT2D eigenvalue weighted by Crippen LogP contribution is 2.31. The van der Waals surface area contributed by atoms with Crippen molar-refractivity contribution in [3.8, 4) is 5.75 Å². The van der Waals surface area contributed by atoms with Gasteiger partial charge in [0.2, 0.25) is 0 Å². The van der Waals surface area contributed by atoms with Crippen molar-refractivity contribution in [1.29, 1.82) is 0 Å². The molecule has 1 saturated heterocycles. The molecule has 0 atom stereocenters. The van der Waals surface area contributed by atoms with Crippen molar-refractivity contribution in [2.75, 3.05) is 37.7 Å². The summed E-state index contributed by atoms with van der Waals surface area (Å²) in [5.41, 5.74) is 1.11. The van der Waals surface area contributed by atoms with Gasteiger partial charge in [0, 0.05) is 19.6 Å². The molecule has 142 valence electrons. The van der Waals surface area contributed by atoms with Gasteiger partial charge in [-0.2, -0.15) is 0 Å². The highest BCUT2D eigenvalue weighted by Gasteiger charge is 2.21. The van der Waals surface area contributed by atoms with E-state index in [0.717, 1.165) is 48.5 Å². The number of thiazole rings is 1. The molecule has 0 spiro atoms. The van der Waals surface area contributed by atoms with Gasteiger partial charge in [-0.1, -0.05) is 47.2 Å². The highest BCUT2D eigenvalue weighted by atomic mass is 35.5. The summed E-state index contributed by atoms with van der Waals surface area (Å²) in [5, 5.41) is 5.35. The molecule has 4 rings (SSSR count). The van der Waals surface area contributed by atoms with E-state index in [0.29, 0.717) is 11.6 Å². The Bertz CT molecular complexity index is 843. The fourth-order valence-corrected chi connectivity index (χ4v) is 4.63.